The Labute approximate surface area is 103 Å². The van der Waals surface area contributed by atoms with Crippen molar-refractivity contribution in [3.63, 3.8) is 0 Å². The molecule has 90 valence electrons. The van der Waals surface area contributed by atoms with E-state index < -0.39 is 0 Å². The first kappa shape index (κ1) is 10.5. The van der Waals surface area contributed by atoms with E-state index in [0.717, 1.165) is 11.1 Å². The van der Waals surface area contributed by atoms with Gasteiger partial charge >= 0.3 is 0 Å². The summed E-state index contributed by atoms with van der Waals surface area (Å²) >= 11 is 0. The molecular weight excluding hydrogens is 228 g/mol. The third-order valence-corrected chi connectivity index (χ3v) is 2.75. The molecule has 0 saturated heterocycles. The van der Waals surface area contributed by atoms with Gasteiger partial charge in [0.1, 0.15) is 5.52 Å². The number of nitrogen functional groups attached to an aromatic ring is 3. The molecule has 0 aliphatic carbocycles. The Bertz CT molecular complexity index is 733. The predicted octanol–water partition coefficient (Wildman–Crippen LogP) is 2.24. The number of aromatic nitrogens is 1. The molecule has 0 fully saturated rings. The maximum absolute atomic E-state index is 5.76. The van der Waals surface area contributed by atoms with Crippen LogP contribution in [-0.4, -0.2) is 4.98 Å². The van der Waals surface area contributed by atoms with Gasteiger partial charge in [0, 0.05) is 11.3 Å². The molecule has 6 N–H and O–H groups in total. The highest BCUT2D eigenvalue weighted by atomic mass is 16.3. The van der Waals surface area contributed by atoms with Gasteiger partial charge in [-0.25, -0.2) is 4.98 Å². The van der Waals surface area contributed by atoms with Gasteiger partial charge in [-0.2, -0.15) is 0 Å². The van der Waals surface area contributed by atoms with E-state index in [0.29, 0.717) is 28.5 Å². The fourth-order valence-corrected chi connectivity index (χ4v) is 1.78. The first-order valence-electron chi connectivity index (χ1n) is 5.45. The molecule has 0 amide bonds. The molecule has 3 rings (SSSR count). The smallest absolute Gasteiger partial charge is 0.227 e. The standard InChI is InChI=1S/C13H12N4O/c14-8-2-4-12-11(6-8)17-13(18-12)7-1-3-9(15)10(16)5-7/h1-6H,14-16H2. The molecule has 0 aliphatic heterocycles. The highest BCUT2D eigenvalue weighted by Crippen LogP contribution is 2.28. The average molecular weight is 240 g/mol. The lowest BCUT2D eigenvalue weighted by Gasteiger charge is -2.00. The minimum atomic E-state index is 0.502. The van der Waals surface area contributed by atoms with E-state index in [-0.39, 0.29) is 0 Å². The fourth-order valence-electron chi connectivity index (χ4n) is 1.78. The largest absolute Gasteiger partial charge is 0.436 e. The van der Waals surface area contributed by atoms with Crippen LogP contribution < -0.4 is 17.2 Å². The first-order valence-corrected chi connectivity index (χ1v) is 5.45. The zero-order valence-electron chi connectivity index (χ0n) is 9.55. The number of hydrogen-bond acceptors (Lipinski definition) is 5. The zero-order chi connectivity index (χ0) is 12.7. The summed E-state index contributed by atoms with van der Waals surface area (Å²) in [6.07, 6.45) is 0. The maximum Gasteiger partial charge on any atom is 0.227 e. The highest BCUT2D eigenvalue weighted by molar-refractivity contribution is 5.80. The van der Waals surface area contributed by atoms with Gasteiger partial charge in [-0.15, -0.1) is 0 Å². The third kappa shape index (κ3) is 1.62. The SMILES string of the molecule is Nc1ccc2oc(-c3ccc(N)c(N)c3)nc2c1. The topological polar surface area (TPSA) is 104 Å². The van der Waals surface area contributed by atoms with Crippen LogP contribution in [0.4, 0.5) is 17.1 Å². The van der Waals surface area contributed by atoms with Gasteiger partial charge in [-0.3, -0.25) is 0 Å². The summed E-state index contributed by atoms with van der Waals surface area (Å²) in [5.41, 5.74) is 21.0. The maximum atomic E-state index is 5.76. The van der Waals surface area contributed by atoms with Crippen LogP contribution in [0.25, 0.3) is 22.6 Å². The Morgan fingerprint density at radius 1 is 0.889 bits per heavy atom. The number of anilines is 3. The molecule has 0 aliphatic rings. The number of benzene rings is 2. The van der Waals surface area contributed by atoms with Crippen molar-refractivity contribution in [2.45, 2.75) is 0 Å². The summed E-state index contributed by atoms with van der Waals surface area (Å²) in [5.74, 6) is 0.502. The summed E-state index contributed by atoms with van der Waals surface area (Å²) in [6.45, 7) is 0. The number of rotatable bonds is 1. The molecule has 0 radical (unpaired) electrons. The van der Waals surface area contributed by atoms with Gasteiger partial charge < -0.3 is 21.6 Å². The Morgan fingerprint density at radius 3 is 2.50 bits per heavy atom. The minimum Gasteiger partial charge on any atom is -0.436 e. The van der Waals surface area contributed by atoms with Crippen molar-refractivity contribution in [3.05, 3.63) is 36.4 Å². The molecule has 1 aromatic heterocycles. The van der Waals surface area contributed by atoms with E-state index in [1.54, 1.807) is 30.3 Å². The van der Waals surface area contributed by atoms with Gasteiger partial charge in [-0.1, -0.05) is 0 Å². The van der Waals surface area contributed by atoms with E-state index in [2.05, 4.69) is 4.98 Å². The van der Waals surface area contributed by atoms with Crippen molar-refractivity contribution in [2.24, 2.45) is 0 Å². The second kappa shape index (κ2) is 3.66. The molecule has 2 aromatic carbocycles. The van der Waals surface area contributed by atoms with Crippen LogP contribution in [0.2, 0.25) is 0 Å². The molecule has 0 unspecified atom stereocenters. The van der Waals surface area contributed by atoms with Gasteiger partial charge in [-0.05, 0) is 36.4 Å². The molecule has 0 saturated carbocycles. The molecular formula is C13H12N4O. The monoisotopic (exact) mass is 240 g/mol. The van der Waals surface area contributed by atoms with Crippen molar-refractivity contribution in [1.29, 1.82) is 0 Å². The van der Waals surface area contributed by atoms with Crippen LogP contribution in [0.5, 0.6) is 0 Å². The molecule has 5 heteroatoms. The van der Waals surface area contributed by atoms with E-state index in [4.69, 9.17) is 21.6 Å². The summed E-state index contributed by atoms with van der Waals surface area (Å²) in [6, 6.07) is 10.6. The molecule has 0 spiro atoms. The van der Waals surface area contributed by atoms with Crippen molar-refractivity contribution in [3.8, 4) is 11.5 Å². The number of nitrogens with two attached hydrogens (primary N) is 3. The second-order valence-electron chi connectivity index (χ2n) is 4.09. The summed E-state index contributed by atoms with van der Waals surface area (Å²) in [7, 11) is 0. The number of hydrogen-bond donors (Lipinski definition) is 3. The van der Waals surface area contributed by atoms with Crippen LogP contribution in [0.15, 0.2) is 40.8 Å². The molecule has 0 atom stereocenters. The minimum absolute atomic E-state index is 0.502. The first-order chi connectivity index (χ1) is 8.63. The zero-order valence-corrected chi connectivity index (χ0v) is 9.55. The average Bonchev–Trinajstić information content (AvgIpc) is 2.75. The molecule has 5 nitrogen and oxygen atoms in total. The Morgan fingerprint density at radius 2 is 1.72 bits per heavy atom. The predicted molar refractivity (Wildman–Crippen MR) is 72.7 cm³/mol. The lowest BCUT2D eigenvalue weighted by atomic mass is 10.2. The molecule has 3 aromatic rings. The van der Waals surface area contributed by atoms with Crippen molar-refractivity contribution < 1.29 is 4.42 Å². The van der Waals surface area contributed by atoms with Crippen LogP contribution in [0.1, 0.15) is 0 Å². The molecule has 1 heterocycles. The van der Waals surface area contributed by atoms with Crippen LogP contribution >= 0.6 is 0 Å². The Hall–Kier alpha value is -2.69. The van der Waals surface area contributed by atoms with Crippen LogP contribution in [0, 0.1) is 0 Å². The molecule has 0 bridgehead atoms. The van der Waals surface area contributed by atoms with Crippen molar-refractivity contribution in [2.75, 3.05) is 17.2 Å². The van der Waals surface area contributed by atoms with E-state index in [1.165, 1.54) is 0 Å². The van der Waals surface area contributed by atoms with Gasteiger partial charge in [0.2, 0.25) is 5.89 Å². The second-order valence-corrected chi connectivity index (χ2v) is 4.09. The lowest BCUT2D eigenvalue weighted by Crippen LogP contribution is -1.94. The third-order valence-electron chi connectivity index (χ3n) is 2.75. The summed E-state index contributed by atoms with van der Waals surface area (Å²) in [4.78, 5) is 4.37. The fraction of sp³-hybridized carbons (Fsp3) is 0. The quantitative estimate of drug-likeness (QED) is 0.566. The van der Waals surface area contributed by atoms with Gasteiger partial charge in [0.25, 0.3) is 0 Å². The number of fused-ring (bicyclic) bond motifs is 1. The lowest BCUT2D eigenvalue weighted by molar-refractivity contribution is 0.620. The van der Waals surface area contributed by atoms with Gasteiger partial charge in [0.05, 0.1) is 11.4 Å². The highest BCUT2D eigenvalue weighted by Gasteiger charge is 2.09. The van der Waals surface area contributed by atoms with E-state index >= 15 is 0 Å². The van der Waals surface area contributed by atoms with Crippen molar-refractivity contribution in [1.82, 2.24) is 4.98 Å². The van der Waals surface area contributed by atoms with E-state index in [9.17, 15) is 0 Å². The number of oxazole rings is 1. The molecule has 18 heavy (non-hydrogen) atoms. The van der Waals surface area contributed by atoms with Crippen LogP contribution in [0.3, 0.4) is 0 Å². The van der Waals surface area contributed by atoms with E-state index in [1.807, 2.05) is 6.07 Å². The van der Waals surface area contributed by atoms with Crippen molar-refractivity contribution >= 4 is 28.2 Å². The Balaban J connectivity index is 2.16. The normalized spacial score (nSPS) is 10.9. The Kier molecular flexibility index (Phi) is 2.13. The van der Waals surface area contributed by atoms with Crippen LogP contribution in [-0.2, 0) is 0 Å². The summed E-state index contributed by atoms with van der Waals surface area (Å²) < 4.78 is 5.64. The number of nitrogens with zero attached hydrogens (tertiary/aromatic N) is 1. The summed E-state index contributed by atoms with van der Waals surface area (Å²) in [5, 5.41) is 0. The van der Waals surface area contributed by atoms with Gasteiger partial charge in [0.15, 0.2) is 5.58 Å².